The molecule has 1 amide bonds. The summed E-state index contributed by atoms with van der Waals surface area (Å²) >= 11 is 1.16. The molecule has 1 atom stereocenters. The summed E-state index contributed by atoms with van der Waals surface area (Å²) in [7, 11) is -2.03. The van der Waals surface area contributed by atoms with Crippen molar-refractivity contribution >= 4 is 32.4 Å². The maximum atomic E-state index is 12.3. The van der Waals surface area contributed by atoms with Gasteiger partial charge in [0, 0.05) is 25.6 Å². The van der Waals surface area contributed by atoms with Gasteiger partial charge in [-0.05, 0) is 18.6 Å². The third-order valence-corrected chi connectivity index (χ3v) is 6.28. The third kappa shape index (κ3) is 4.36. The van der Waals surface area contributed by atoms with E-state index in [1.54, 1.807) is 35.6 Å². The van der Waals surface area contributed by atoms with Gasteiger partial charge in [0.05, 0.1) is 23.1 Å². The molecular formula is C16H19N3O4S2. The number of amides is 1. The van der Waals surface area contributed by atoms with E-state index in [4.69, 9.17) is 4.74 Å². The van der Waals surface area contributed by atoms with Crippen LogP contribution in [0.15, 0.2) is 40.6 Å². The molecule has 1 saturated heterocycles. The minimum Gasteiger partial charge on any atom is -0.380 e. The highest BCUT2D eigenvalue weighted by Crippen LogP contribution is 2.21. The summed E-state index contributed by atoms with van der Waals surface area (Å²) in [5.41, 5.74) is 0.557. The van der Waals surface area contributed by atoms with Gasteiger partial charge in [0.1, 0.15) is 0 Å². The molecule has 1 fully saturated rings. The number of methoxy groups -OCH3 is 1. The number of carbonyl (C=O) groups excluding carboxylic acids is 1. The van der Waals surface area contributed by atoms with Gasteiger partial charge in [0.25, 0.3) is 10.0 Å². The topological polar surface area (TPSA) is 88.6 Å². The van der Waals surface area contributed by atoms with E-state index in [9.17, 15) is 13.2 Å². The van der Waals surface area contributed by atoms with Gasteiger partial charge in [-0.1, -0.05) is 18.2 Å². The standard InChI is InChI=1S/C16H19N3O4S2/c1-23-13-7-8-19(10-13)15(20)9-12-11-24-16(17-12)18-25(21,22)14-5-3-2-4-6-14/h2-6,11,13H,7-10H2,1H3,(H,17,18). The maximum Gasteiger partial charge on any atom is 0.263 e. The van der Waals surface area contributed by atoms with E-state index in [1.807, 2.05) is 0 Å². The first-order valence-electron chi connectivity index (χ1n) is 7.81. The number of nitrogens with one attached hydrogen (secondary N) is 1. The van der Waals surface area contributed by atoms with Crippen LogP contribution in [0.2, 0.25) is 0 Å². The van der Waals surface area contributed by atoms with Crippen LogP contribution in [0.4, 0.5) is 5.13 Å². The fraction of sp³-hybridized carbons (Fsp3) is 0.375. The highest BCUT2D eigenvalue weighted by molar-refractivity contribution is 7.93. The number of aromatic nitrogens is 1. The Morgan fingerprint density at radius 1 is 1.40 bits per heavy atom. The Labute approximate surface area is 150 Å². The van der Waals surface area contributed by atoms with Gasteiger partial charge in [0.2, 0.25) is 5.91 Å². The van der Waals surface area contributed by atoms with E-state index < -0.39 is 10.0 Å². The number of hydrogen-bond acceptors (Lipinski definition) is 6. The number of nitrogens with zero attached hydrogens (tertiary/aromatic N) is 2. The quantitative estimate of drug-likeness (QED) is 0.823. The number of rotatable bonds is 6. The van der Waals surface area contributed by atoms with Crippen molar-refractivity contribution in [1.82, 2.24) is 9.88 Å². The lowest BCUT2D eigenvalue weighted by atomic mass is 10.3. The summed E-state index contributed by atoms with van der Waals surface area (Å²) in [6.45, 7) is 1.27. The van der Waals surface area contributed by atoms with Crippen molar-refractivity contribution in [3.05, 3.63) is 41.4 Å². The molecule has 0 bridgehead atoms. The lowest BCUT2D eigenvalue weighted by Crippen LogP contribution is -2.31. The molecule has 2 aromatic rings. The fourth-order valence-corrected chi connectivity index (χ4v) is 4.61. The van der Waals surface area contributed by atoms with E-state index in [0.29, 0.717) is 18.8 Å². The normalized spacial score (nSPS) is 17.6. The Morgan fingerprint density at radius 3 is 2.84 bits per heavy atom. The zero-order chi connectivity index (χ0) is 17.9. The molecule has 7 nitrogen and oxygen atoms in total. The number of sulfonamides is 1. The largest absolute Gasteiger partial charge is 0.380 e. The van der Waals surface area contributed by atoms with Gasteiger partial charge in [-0.3, -0.25) is 9.52 Å². The van der Waals surface area contributed by atoms with E-state index in [0.717, 1.165) is 17.8 Å². The Bertz CT molecular complexity index is 836. The molecule has 1 aliphatic heterocycles. The van der Waals surface area contributed by atoms with Gasteiger partial charge in [-0.25, -0.2) is 13.4 Å². The van der Waals surface area contributed by atoms with Crippen molar-refractivity contribution in [3.8, 4) is 0 Å². The van der Waals surface area contributed by atoms with Crippen LogP contribution < -0.4 is 4.72 Å². The molecule has 25 heavy (non-hydrogen) atoms. The van der Waals surface area contributed by atoms with Crippen LogP contribution in [0.1, 0.15) is 12.1 Å². The molecule has 9 heteroatoms. The Hall–Kier alpha value is -1.97. The fourth-order valence-electron chi connectivity index (χ4n) is 2.62. The van der Waals surface area contributed by atoms with Crippen molar-refractivity contribution in [2.75, 3.05) is 24.9 Å². The number of ether oxygens (including phenoxy) is 1. The minimum absolute atomic E-state index is 0.0256. The minimum atomic E-state index is -3.67. The molecule has 0 saturated carbocycles. The first-order valence-corrected chi connectivity index (χ1v) is 10.2. The van der Waals surface area contributed by atoms with Gasteiger partial charge >= 0.3 is 0 Å². The van der Waals surface area contributed by atoms with Crippen molar-refractivity contribution < 1.29 is 17.9 Å². The van der Waals surface area contributed by atoms with Crippen LogP contribution in [-0.4, -0.2) is 50.5 Å². The van der Waals surface area contributed by atoms with Gasteiger partial charge < -0.3 is 9.64 Å². The average Bonchev–Trinajstić information content (AvgIpc) is 3.24. The number of thiazole rings is 1. The van der Waals surface area contributed by atoms with Crippen LogP contribution in [0, 0.1) is 0 Å². The molecule has 0 spiro atoms. The third-order valence-electron chi connectivity index (χ3n) is 3.99. The second-order valence-corrected chi connectivity index (χ2v) is 8.27. The summed E-state index contributed by atoms with van der Waals surface area (Å²) in [5.74, 6) is -0.0256. The van der Waals surface area contributed by atoms with Crippen LogP contribution in [0.25, 0.3) is 0 Å². The van der Waals surface area contributed by atoms with Crippen molar-refractivity contribution in [2.24, 2.45) is 0 Å². The Balaban J connectivity index is 1.62. The Kier molecular flexibility index (Phi) is 5.36. The molecule has 134 valence electrons. The summed E-state index contributed by atoms with van der Waals surface area (Å²) in [6.07, 6.45) is 1.08. The second kappa shape index (κ2) is 7.51. The van der Waals surface area contributed by atoms with E-state index in [-0.39, 0.29) is 28.5 Å². The van der Waals surface area contributed by atoms with Gasteiger partial charge in [-0.2, -0.15) is 0 Å². The van der Waals surface area contributed by atoms with Crippen LogP contribution >= 0.6 is 11.3 Å². The van der Waals surface area contributed by atoms with Gasteiger partial charge in [-0.15, -0.1) is 11.3 Å². The van der Waals surface area contributed by atoms with E-state index in [2.05, 4.69) is 9.71 Å². The number of hydrogen-bond donors (Lipinski definition) is 1. The summed E-state index contributed by atoms with van der Waals surface area (Å²) < 4.78 is 32.3. The van der Waals surface area contributed by atoms with E-state index >= 15 is 0 Å². The van der Waals surface area contributed by atoms with Crippen LogP contribution in [0.3, 0.4) is 0 Å². The molecule has 1 aliphatic rings. The predicted octanol–water partition coefficient (Wildman–Crippen LogP) is 1.73. The summed E-state index contributed by atoms with van der Waals surface area (Å²) in [4.78, 5) is 18.4. The molecule has 1 N–H and O–H groups in total. The summed E-state index contributed by atoms with van der Waals surface area (Å²) in [6, 6.07) is 8.09. The predicted molar refractivity (Wildman–Crippen MR) is 95.1 cm³/mol. The zero-order valence-corrected chi connectivity index (χ0v) is 15.3. The van der Waals surface area contributed by atoms with Crippen molar-refractivity contribution in [1.29, 1.82) is 0 Å². The Morgan fingerprint density at radius 2 is 2.16 bits per heavy atom. The molecule has 0 radical (unpaired) electrons. The number of likely N-dealkylation sites (tertiary alicyclic amines) is 1. The van der Waals surface area contributed by atoms with Gasteiger partial charge in [0.15, 0.2) is 5.13 Å². The molecule has 1 unspecified atom stereocenters. The molecular weight excluding hydrogens is 362 g/mol. The smallest absolute Gasteiger partial charge is 0.263 e. The monoisotopic (exact) mass is 381 g/mol. The zero-order valence-electron chi connectivity index (χ0n) is 13.7. The second-order valence-electron chi connectivity index (χ2n) is 5.73. The lowest BCUT2D eigenvalue weighted by molar-refractivity contribution is -0.129. The SMILES string of the molecule is COC1CCN(C(=O)Cc2csc(NS(=O)(=O)c3ccccc3)n2)C1. The average molecular weight is 381 g/mol. The maximum absolute atomic E-state index is 12.3. The van der Waals surface area contributed by atoms with Crippen molar-refractivity contribution in [3.63, 3.8) is 0 Å². The lowest BCUT2D eigenvalue weighted by Gasteiger charge is -2.15. The number of carbonyl (C=O) groups is 1. The molecule has 1 aromatic heterocycles. The number of anilines is 1. The van der Waals surface area contributed by atoms with Crippen molar-refractivity contribution in [2.45, 2.75) is 23.8 Å². The van der Waals surface area contributed by atoms with E-state index in [1.165, 1.54) is 12.1 Å². The number of benzene rings is 1. The summed E-state index contributed by atoms with van der Waals surface area (Å²) in [5, 5.41) is 1.95. The van der Waals surface area contributed by atoms with Crippen LogP contribution in [0.5, 0.6) is 0 Å². The highest BCUT2D eigenvalue weighted by Gasteiger charge is 2.26. The first kappa shape index (κ1) is 17.8. The highest BCUT2D eigenvalue weighted by atomic mass is 32.2. The molecule has 0 aliphatic carbocycles. The first-order chi connectivity index (χ1) is 12.0. The molecule has 1 aromatic carbocycles. The molecule has 2 heterocycles. The van der Waals surface area contributed by atoms with Crippen LogP contribution in [-0.2, 0) is 26.0 Å². The molecule has 3 rings (SSSR count).